The Bertz CT molecular complexity index is 1780. The summed E-state index contributed by atoms with van der Waals surface area (Å²) in [5.41, 5.74) is 2.31. The number of fused-ring (bicyclic) bond motifs is 3. The van der Waals surface area contributed by atoms with Crippen LogP contribution in [-0.2, 0) is 42.9 Å². The summed E-state index contributed by atoms with van der Waals surface area (Å²) in [5.74, 6) is -7.89. The molecule has 358 valence electrons. The fraction of sp³-hybridized carbons (Fsp3) is 0.720. The average molecular weight is 898 g/mol. The van der Waals surface area contributed by atoms with Crippen LogP contribution in [0.15, 0.2) is 53.6 Å². The number of carbonyl (C=O) groups excluding carboxylic acids is 4. The summed E-state index contributed by atoms with van der Waals surface area (Å²) < 4.78 is 30.3. The minimum atomic E-state index is -2.53. The maximum atomic E-state index is 14.4. The molecule has 3 aliphatic heterocycles. The van der Waals surface area contributed by atoms with E-state index in [4.69, 9.17) is 23.7 Å². The summed E-state index contributed by atoms with van der Waals surface area (Å²) in [5, 5.41) is 45.7. The Morgan fingerprint density at radius 3 is 2.27 bits per heavy atom. The monoisotopic (exact) mass is 898 g/mol. The van der Waals surface area contributed by atoms with Crippen molar-refractivity contribution in [3.8, 4) is 0 Å². The van der Waals surface area contributed by atoms with Crippen LogP contribution < -0.4 is 0 Å². The van der Waals surface area contributed by atoms with Gasteiger partial charge in [0, 0.05) is 44.9 Å². The van der Waals surface area contributed by atoms with Gasteiger partial charge in [-0.1, -0.05) is 75.8 Å². The molecule has 2 bridgehead atoms. The number of aliphatic hydroxyl groups is 4. The number of Topliss-reactive ketones (excluding diaryl/α,β-unsaturated/α-hetero) is 2. The number of nitrogens with zero attached hydrogens (tertiary/aromatic N) is 1. The highest BCUT2D eigenvalue weighted by Gasteiger charge is 2.56. The van der Waals surface area contributed by atoms with E-state index in [1.807, 2.05) is 63.3 Å². The highest BCUT2D eigenvalue weighted by Crippen LogP contribution is 2.39. The largest absolute Gasteiger partial charge is 0.456 e. The third-order valence-electron chi connectivity index (χ3n) is 14.2. The molecule has 15 atom stereocenters. The quantitative estimate of drug-likeness (QED) is 0.136. The number of hydrogen-bond acceptors (Lipinski definition) is 13. The van der Waals surface area contributed by atoms with E-state index in [1.165, 1.54) is 19.1 Å². The summed E-state index contributed by atoms with van der Waals surface area (Å²) in [7, 11) is 3.05. The van der Waals surface area contributed by atoms with Gasteiger partial charge in [0.05, 0.1) is 37.1 Å². The second kappa shape index (κ2) is 23.4. The summed E-state index contributed by atoms with van der Waals surface area (Å²) >= 11 is 0. The Morgan fingerprint density at radius 1 is 0.922 bits per heavy atom. The van der Waals surface area contributed by atoms with Crippen LogP contribution in [0.1, 0.15) is 124 Å². The number of ether oxygens (including phenoxy) is 5. The minimum Gasteiger partial charge on any atom is -0.456 e. The number of cyclic esters (lactones) is 1. The molecule has 3 heterocycles. The van der Waals surface area contributed by atoms with Crippen molar-refractivity contribution in [1.82, 2.24) is 4.90 Å². The lowest BCUT2D eigenvalue weighted by atomic mass is 9.81. The predicted molar refractivity (Wildman–Crippen MR) is 238 cm³/mol. The molecular weight excluding hydrogens is 823 g/mol. The topological polar surface area (TPSA) is 199 Å². The van der Waals surface area contributed by atoms with Gasteiger partial charge in [-0.25, -0.2) is 4.79 Å². The van der Waals surface area contributed by atoms with E-state index in [0.717, 1.165) is 11.1 Å². The summed E-state index contributed by atoms with van der Waals surface area (Å²) in [6.07, 6.45) is 1.80. The van der Waals surface area contributed by atoms with Gasteiger partial charge in [0.1, 0.15) is 30.1 Å². The molecule has 15 unspecified atom stereocenters. The van der Waals surface area contributed by atoms with Crippen molar-refractivity contribution in [2.24, 2.45) is 29.6 Å². The molecule has 1 saturated carbocycles. The first-order valence-electron chi connectivity index (χ1n) is 23.5. The first-order chi connectivity index (χ1) is 30.4. The van der Waals surface area contributed by atoms with Gasteiger partial charge in [0.25, 0.3) is 11.7 Å². The second-order valence-electron chi connectivity index (χ2n) is 19.2. The Labute approximate surface area is 379 Å². The number of allylic oxidation sites excluding steroid dienone is 3. The maximum absolute atomic E-state index is 14.4. The van der Waals surface area contributed by atoms with Crippen LogP contribution in [0.5, 0.6) is 0 Å². The molecule has 14 heteroatoms. The number of methoxy groups -OCH3 is 2. The molecule has 0 radical (unpaired) electrons. The lowest BCUT2D eigenvalue weighted by Gasteiger charge is -2.47. The van der Waals surface area contributed by atoms with Crippen LogP contribution in [0.4, 0.5) is 0 Å². The molecule has 1 aromatic carbocycles. The smallest absolute Gasteiger partial charge is 0.329 e. The second-order valence-corrected chi connectivity index (χ2v) is 19.2. The fourth-order valence-corrected chi connectivity index (χ4v) is 10.3. The van der Waals surface area contributed by atoms with E-state index < -0.39 is 96.1 Å². The molecule has 4 N–H and O–H groups in total. The summed E-state index contributed by atoms with van der Waals surface area (Å²) in [6.45, 7) is 11.2. The number of rotatable bonds is 9. The molecule has 1 aliphatic carbocycles. The van der Waals surface area contributed by atoms with Crippen LogP contribution in [0.2, 0.25) is 0 Å². The standard InChI is InChI=1S/C50H75NO13/c1-9-35-22-29(2)21-30(3)23-43(60-7)46-44(61-8)25-32(5)50(59,64-46)47(56)48(57)51-20-14-13-17-37(51)49(58)63-45(33(6)38(52)27-39(35)53)31(4)24-34-18-19-42(40(54)26-34)62-28-41(55)36-15-11-10-12-16-36/h10-12,15-16,22,24,30,32-35,37-38,40-46,52,54-55,59H,9,13-14,17-21,23,25-28H2,1-8H3. The van der Waals surface area contributed by atoms with Crippen molar-refractivity contribution in [3.05, 3.63) is 59.2 Å². The first-order valence-corrected chi connectivity index (χ1v) is 23.5. The number of carbonyl (C=O) groups is 4. The third kappa shape index (κ3) is 12.5. The van der Waals surface area contributed by atoms with Crippen molar-refractivity contribution in [3.63, 3.8) is 0 Å². The highest BCUT2D eigenvalue weighted by atomic mass is 16.7. The van der Waals surface area contributed by atoms with E-state index >= 15 is 0 Å². The molecule has 4 aliphatic rings. The number of esters is 1. The van der Waals surface area contributed by atoms with E-state index in [0.29, 0.717) is 56.9 Å². The SMILES string of the molecule is CCC1C=C(C)CC(C)CC(OC)C2OC(O)(C(=O)C(=O)N3CCCCC3C(=O)OC(C(C)=CC3CCC(OCC(O)c4ccccc4)C(O)C3)C(C)C(O)CC1=O)C(C)CC2OC. The third-order valence-corrected chi connectivity index (χ3v) is 14.2. The van der Waals surface area contributed by atoms with Crippen molar-refractivity contribution in [1.29, 1.82) is 0 Å². The zero-order valence-electron chi connectivity index (χ0n) is 39.2. The molecular formula is C50H75NO13. The van der Waals surface area contributed by atoms with Gasteiger partial charge in [0.15, 0.2) is 0 Å². The number of piperidine rings is 1. The van der Waals surface area contributed by atoms with Gasteiger partial charge in [-0.05, 0) is 101 Å². The molecule has 64 heavy (non-hydrogen) atoms. The van der Waals surface area contributed by atoms with E-state index in [-0.39, 0.29) is 50.0 Å². The zero-order valence-corrected chi connectivity index (χ0v) is 39.2. The molecule has 3 fully saturated rings. The normalized spacial score (nSPS) is 37.5. The number of amides is 1. The number of benzene rings is 1. The molecule has 0 aromatic heterocycles. The van der Waals surface area contributed by atoms with Gasteiger partial charge < -0.3 is 49.0 Å². The van der Waals surface area contributed by atoms with Crippen LogP contribution in [0.25, 0.3) is 0 Å². The highest BCUT2D eigenvalue weighted by molar-refractivity contribution is 6.39. The van der Waals surface area contributed by atoms with Crippen LogP contribution >= 0.6 is 0 Å². The van der Waals surface area contributed by atoms with Crippen LogP contribution in [0, 0.1) is 29.6 Å². The first kappa shape index (κ1) is 51.6. The molecule has 2 saturated heterocycles. The molecule has 1 aromatic rings. The lowest BCUT2D eigenvalue weighted by molar-refractivity contribution is -0.302. The van der Waals surface area contributed by atoms with E-state index in [9.17, 15) is 39.6 Å². The summed E-state index contributed by atoms with van der Waals surface area (Å²) in [6, 6.07) is 8.01. The zero-order chi connectivity index (χ0) is 46.9. The summed E-state index contributed by atoms with van der Waals surface area (Å²) in [4.78, 5) is 58.1. The van der Waals surface area contributed by atoms with Crippen molar-refractivity contribution >= 4 is 23.4 Å². The lowest BCUT2D eigenvalue weighted by Crippen LogP contribution is -2.64. The van der Waals surface area contributed by atoms with Gasteiger partial charge in [0.2, 0.25) is 5.79 Å². The van der Waals surface area contributed by atoms with Crippen LogP contribution in [0.3, 0.4) is 0 Å². The van der Waals surface area contributed by atoms with Gasteiger partial charge in [-0.3, -0.25) is 14.4 Å². The number of hydrogen-bond donors (Lipinski definition) is 4. The molecule has 14 nitrogen and oxygen atoms in total. The number of ketones is 2. The van der Waals surface area contributed by atoms with Crippen LogP contribution in [-0.4, -0.2) is 131 Å². The number of aliphatic hydroxyl groups excluding tert-OH is 3. The molecule has 5 rings (SSSR count). The Balaban J connectivity index is 1.44. The van der Waals surface area contributed by atoms with Crippen molar-refractivity contribution < 1.29 is 63.3 Å². The Morgan fingerprint density at radius 2 is 1.61 bits per heavy atom. The van der Waals surface area contributed by atoms with Gasteiger partial charge >= 0.3 is 5.97 Å². The van der Waals surface area contributed by atoms with E-state index in [1.54, 1.807) is 20.8 Å². The van der Waals surface area contributed by atoms with Gasteiger partial charge in [-0.15, -0.1) is 0 Å². The molecule has 0 spiro atoms. The van der Waals surface area contributed by atoms with Crippen molar-refractivity contribution in [2.75, 3.05) is 27.4 Å². The van der Waals surface area contributed by atoms with Gasteiger partial charge in [-0.2, -0.15) is 0 Å². The Kier molecular flexibility index (Phi) is 18.9. The fourth-order valence-electron chi connectivity index (χ4n) is 10.3. The van der Waals surface area contributed by atoms with E-state index in [2.05, 4.69) is 0 Å². The average Bonchev–Trinajstić information content (AvgIpc) is 3.28. The van der Waals surface area contributed by atoms with Crippen molar-refractivity contribution in [2.45, 2.75) is 173 Å². The maximum Gasteiger partial charge on any atom is 0.329 e. The Hall–Kier alpha value is -3.34. The minimum absolute atomic E-state index is 0.0171. The molecule has 1 amide bonds. The predicted octanol–water partition coefficient (Wildman–Crippen LogP) is 5.58.